The molecule has 4 heteroatoms. The minimum Gasteiger partial charge on any atom is -0.541 e. The molecule has 0 spiro atoms. The second-order valence-electron chi connectivity index (χ2n) is 5.93. The summed E-state index contributed by atoms with van der Waals surface area (Å²) in [6, 6.07) is 0. The van der Waals surface area contributed by atoms with Crippen LogP contribution in [0.4, 0.5) is 0 Å². The molecule has 0 aromatic rings. The Labute approximate surface area is 126 Å². The fourth-order valence-corrected chi connectivity index (χ4v) is 8.21. The van der Waals surface area contributed by atoms with Gasteiger partial charge in [0.25, 0.3) is 8.32 Å². The van der Waals surface area contributed by atoms with Gasteiger partial charge in [0, 0.05) is 6.08 Å². The van der Waals surface area contributed by atoms with Crippen LogP contribution in [0.15, 0.2) is 24.4 Å². The predicted molar refractivity (Wildman–Crippen MR) is 88.0 cm³/mol. The van der Waals surface area contributed by atoms with Crippen LogP contribution in [0.25, 0.3) is 0 Å². The number of allylic oxidation sites excluding steroid dienone is 1. The van der Waals surface area contributed by atoms with Crippen molar-refractivity contribution in [3.8, 4) is 0 Å². The molecule has 0 aliphatic heterocycles. The van der Waals surface area contributed by atoms with E-state index in [-0.39, 0.29) is 0 Å². The number of rotatable bonds is 9. The fourth-order valence-electron chi connectivity index (χ4n) is 2.98. The van der Waals surface area contributed by atoms with Gasteiger partial charge in [0.05, 0.1) is 20.0 Å². The molecule has 0 rings (SSSR count). The van der Waals surface area contributed by atoms with E-state index in [0.29, 0.717) is 23.2 Å². The molecule has 3 nitrogen and oxygen atoms in total. The van der Waals surface area contributed by atoms with E-state index in [0.717, 1.165) is 5.76 Å². The largest absolute Gasteiger partial charge is 0.541 e. The summed E-state index contributed by atoms with van der Waals surface area (Å²) < 4.78 is 16.9. The van der Waals surface area contributed by atoms with Gasteiger partial charge in [-0.25, -0.2) is 0 Å². The molecule has 0 unspecified atom stereocenters. The van der Waals surface area contributed by atoms with Gasteiger partial charge in [-0.15, -0.1) is 0 Å². The van der Waals surface area contributed by atoms with Crippen LogP contribution in [0.5, 0.6) is 0 Å². The Kier molecular flexibility index (Phi) is 8.70. The van der Waals surface area contributed by atoms with Gasteiger partial charge < -0.3 is 13.9 Å². The maximum Gasteiger partial charge on any atom is 0.258 e. The Balaban J connectivity index is 5.34. The van der Waals surface area contributed by atoms with Crippen molar-refractivity contribution in [1.82, 2.24) is 0 Å². The zero-order valence-electron chi connectivity index (χ0n) is 14.4. The van der Waals surface area contributed by atoms with Gasteiger partial charge >= 0.3 is 0 Å². The maximum atomic E-state index is 6.52. The van der Waals surface area contributed by atoms with Crippen LogP contribution in [0.1, 0.15) is 48.5 Å². The molecular weight excluding hydrogens is 268 g/mol. The van der Waals surface area contributed by atoms with Crippen molar-refractivity contribution in [2.45, 2.75) is 65.1 Å². The van der Waals surface area contributed by atoms with Gasteiger partial charge in [0.2, 0.25) is 0 Å². The summed E-state index contributed by atoms with van der Waals surface area (Å²) in [4.78, 5) is 0. The van der Waals surface area contributed by atoms with Gasteiger partial charge in [-0.1, -0.05) is 41.5 Å². The average Bonchev–Trinajstić information content (AvgIpc) is 2.34. The Hall–Kier alpha value is -0.903. The molecule has 0 saturated heterocycles. The number of hydrogen-bond donors (Lipinski definition) is 0. The summed E-state index contributed by atoms with van der Waals surface area (Å²) >= 11 is 0. The molecule has 0 radical (unpaired) electrons. The van der Waals surface area contributed by atoms with Gasteiger partial charge in [-0.2, -0.15) is 0 Å². The molecular formula is C16H32O3Si. The summed E-state index contributed by atoms with van der Waals surface area (Å²) in [6.07, 6.45) is 5.18. The summed E-state index contributed by atoms with van der Waals surface area (Å²) in [5.41, 5.74) is 1.59. The molecule has 20 heavy (non-hydrogen) atoms. The van der Waals surface area contributed by atoms with E-state index in [2.05, 4.69) is 41.5 Å². The Morgan fingerprint density at radius 2 is 1.50 bits per heavy atom. The smallest absolute Gasteiger partial charge is 0.258 e. The standard InChI is InChI=1S/C16H32O3Si/c1-9-18-11-10-16(12-17-8)19-20(13(2)3,14(4)5)15(6)7/h10-15H,9H2,1-8H3/b11-10+,16-12+. The molecule has 0 saturated carbocycles. The van der Waals surface area contributed by atoms with Crippen LogP contribution in [-0.4, -0.2) is 22.0 Å². The van der Waals surface area contributed by atoms with Crippen molar-refractivity contribution in [3.05, 3.63) is 24.4 Å². The second kappa shape index (κ2) is 9.11. The van der Waals surface area contributed by atoms with Gasteiger partial charge in [0.1, 0.15) is 12.0 Å². The molecule has 0 aliphatic rings. The Morgan fingerprint density at radius 3 is 1.85 bits per heavy atom. The van der Waals surface area contributed by atoms with Crippen molar-refractivity contribution in [3.63, 3.8) is 0 Å². The highest BCUT2D eigenvalue weighted by Crippen LogP contribution is 2.43. The number of ether oxygens (including phenoxy) is 2. The lowest BCUT2D eigenvalue weighted by molar-refractivity contribution is 0.263. The lowest BCUT2D eigenvalue weighted by atomic mass is 10.5. The van der Waals surface area contributed by atoms with E-state index in [4.69, 9.17) is 13.9 Å². The van der Waals surface area contributed by atoms with Crippen molar-refractivity contribution in [1.29, 1.82) is 0 Å². The Bertz CT molecular complexity index is 298. The zero-order chi connectivity index (χ0) is 15.8. The highest BCUT2D eigenvalue weighted by Gasteiger charge is 2.47. The molecule has 0 amide bonds. The lowest BCUT2D eigenvalue weighted by Crippen LogP contribution is -2.47. The molecule has 0 atom stereocenters. The summed E-state index contributed by atoms with van der Waals surface area (Å²) in [5, 5.41) is 0. The molecule has 118 valence electrons. The monoisotopic (exact) mass is 300 g/mol. The highest BCUT2D eigenvalue weighted by molar-refractivity contribution is 6.77. The maximum absolute atomic E-state index is 6.52. The van der Waals surface area contributed by atoms with Crippen LogP contribution in [0.3, 0.4) is 0 Å². The third-order valence-corrected chi connectivity index (χ3v) is 9.73. The second-order valence-corrected chi connectivity index (χ2v) is 11.3. The predicted octanol–water partition coefficient (Wildman–Crippen LogP) is 5.22. The van der Waals surface area contributed by atoms with E-state index in [1.54, 1.807) is 19.6 Å². The molecule has 0 bridgehead atoms. The number of methoxy groups -OCH3 is 1. The topological polar surface area (TPSA) is 27.7 Å². The molecule has 0 aromatic carbocycles. The van der Waals surface area contributed by atoms with Crippen LogP contribution >= 0.6 is 0 Å². The molecule has 0 fully saturated rings. The molecule has 0 aliphatic carbocycles. The lowest BCUT2D eigenvalue weighted by Gasteiger charge is -2.42. The first-order chi connectivity index (χ1) is 9.32. The number of hydrogen-bond acceptors (Lipinski definition) is 3. The van der Waals surface area contributed by atoms with Crippen molar-refractivity contribution < 1.29 is 13.9 Å². The Morgan fingerprint density at radius 1 is 1.00 bits per heavy atom. The SMILES string of the molecule is CCO/C=C/C(=C\OC)O[Si](C(C)C)(C(C)C)C(C)C. The van der Waals surface area contributed by atoms with E-state index in [9.17, 15) is 0 Å². The average molecular weight is 301 g/mol. The van der Waals surface area contributed by atoms with Crippen LogP contribution in [0.2, 0.25) is 16.6 Å². The minimum absolute atomic E-state index is 0.531. The zero-order valence-corrected chi connectivity index (χ0v) is 15.4. The molecule has 0 aromatic heterocycles. The van der Waals surface area contributed by atoms with E-state index in [1.807, 2.05) is 13.0 Å². The summed E-state index contributed by atoms with van der Waals surface area (Å²) in [7, 11) is -0.303. The van der Waals surface area contributed by atoms with Gasteiger partial charge in [-0.05, 0) is 23.5 Å². The first-order valence-electron chi connectivity index (χ1n) is 7.52. The van der Waals surface area contributed by atoms with Crippen molar-refractivity contribution in [2.75, 3.05) is 13.7 Å². The van der Waals surface area contributed by atoms with Gasteiger partial charge in [-0.3, -0.25) is 0 Å². The van der Waals surface area contributed by atoms with Crippen LogP contribution in [0, 0.1) is 0 Å². The minimum atomic E-state index is -1.94. The first-order valence-corrected chi connectivity index (χ1v) is 9.66. The van der Waals surface area contributed by atoms with Crippen molar-refractivity contribution in [2.24, 2.45) is 0 Å². The fraction of sp³-hybridized carbons (Fsp3) is 0.750. The highest BCUT2D eigenvalue weighted by atomic mass is 28.4. The van der Waals surface area contributed by atoms with Crippen LogP contribution < -0.4 is 0 Å². The normalized spacial score (nSPS) is 13.7. The first kappa shape index (κ1) is 19.1. The van der Waals surface area contributed by atoms with E-state index >= 15 is 0 Å². The van der Waals surface area contributed by atoms with Crippen molar-refractivity contribution >= 4 is 8.32 Å². The molecule has 0 heterocycles. The molecule has 0 N–H and O–H groups in total. The van der Waals surface area contributed by atoms with Crippen LogP contribution in [-0.2, 0) is 13.9 Å². The summed E-state index contributed by atoms with van der Waals surface area (Å²) in [6.45, 7) is 16.2. The van der Waals surface area contributed by atoms with E-state index in [1.165, 1.54) is 0 Å². The third-order valence-electron chi connectivity index (χ3n) is 3.73. The summed E-state index contributed by atoms with van der Waals surface area (Å²) in [5.74, 6) is 0.753. The quantitative estimate of drug-likeness (QED) is 0.332. The van der Waals surface area contributed by atoms with E-state index < -0.39 is 8.32 Å². The van der Waals surface area contributed by atoms with Gasteiger partial charge in [0.15, 0.2) is 0 Å². The third kappa shape index (κ3) is 4.89.